The fraction of sp³-hybridized carbons (Fsp3) is 0.643. The number of piperidine rings is 1. The lowest BCUT2D eigenvalue weighted by Gasteiger charge is -2.38. The number of aliphatic carboxylic acids is 1. The Bertz CT molecular complexity index is 459. The number of hydrogen-bond acceptors (Lipinski definition) is 4. The van der Waals surface area contributed by atoms with Crippen LogP contribution in [0.1, 0.15) is 37.7 Å². The first-order valence-electron chi connectivity index (χ1n) is 6.77. The molecule has 0 radical (unpaired) electrons. The first-order valence-corrected chi connectivity index (χ1v) is 6.77. The number of nitrogens with zero attached hydrogens (tertiary/aromatic N) is 3. The number of anilines is 1. The Balaban J connectivity index is 2.13. The van der Waals surface area contributed by atoms with Gasteiger partial charge >= 0.3 is 5.97 Å². The van der Waals surface area contributed by atoms with Gasteiger partial charge < -0.3 is 10.0 Å². The van der Waals surface area contributed by atoms with Crippen LogP contribution >= 0.6 is 0 Å². The third-order valence-corrected chi connectivity index (χ3v) is 4.13. The van der Waals surface area contributed by atoms with Crippen molar-refractivity contribution >= 4 is 11.8 Å². The molecule has 1 N–H and O–H groups in total. The molecule has 0 atom stereocenters. The molecule has 1 aliphatic rings. The van der Waals surface area contributed by atoms with Gasteiger partial charge in [-0.25, -0.2) is 9.97 Å². The zero-order chi connectivity index (χ0) is 14.0. The van der Waals surface area contributed by atoms with Crippen molar-refractivity contribution in [2.45, 2.75) is 40.0 Å². The van der Waals surface area contributed by atoms with Gasteiger partial charge in [0.1, 0.15) is 11.6 Å². The molecular weight excluding hydrogens is 242 g/mol. The number of rotatable bonds is 3. The molecule has 0 bridgehead atoms. The van der Waals surface area contributed by atoms with Crippen LogP contribution in [0, 0.1) is 19.3 Å². The lowest BCUT2D eigenvalue weighted by atomic mass is 9.76. The van der Waals surface area contributed by atoms with Crippen LogP contribution in [-0.2, 0) is 4.79 Å². The zero-order valence-corrected chi connectivity index (χ0v) is 11.8. The van der Waals surface area contributed by atoms with E-state index in [2.05, 4.69) is 14.9 Å². The van der Waals surface area contributed by atoms with E-state index in [-0.39, 0.29) is 0 Å². The van der Waals surface area contributed by atoms with Crippen molar-refractivity contribution in [2.24, 2.45) is 5.41 Å². The van der Waals surface area contributed by atoms with Gasteiger partial charge in [0.2, 0.25) is 0 Å². The highest BCUT2D eigenvalue weighted by Crippen LogP contribution is 2.36. The molecule has 5 heteroatoms. The molecule has 0 unspecified atom stereocenters. The summed E-state index contributed by atoms with van der Waals surface area (Å²) < 4.78 is 0. The molecule has 1 aliphatic heterocycles. The summed E-state index contributed by atoms with van der Waals surface area (Å²) in [5.74, 6) is 1.02. The van der Waals surface area contributed by atoms with Gasteiger partial charge in [-0.3, -0.25) is 4.79 Å². The molecule has 1 saturated heterocycles. The average molecular weight is 263 g/mol. The average Bonchev–Trinajstić information content (AvgIpc) is 2.37. The third-order valence-electron chi connectivity index (χ3n) is 4.13. The molecule has 0 spiro atoms. The largest absolute Gasteiger partial charge is 0.481 e. The number of aryl methyl sites for hydroxylation is 2. The predicted molar refractivity (Wildman–Crippen MR) is 73.3 cm³/mol. The van der Waals surface area contributed by atoms with Gasteiger partial charge in [-0.05, 0) is 33.1 Å². The molecule has 2 rings (SSSR count). The van der Waals surface area contributed by atoms with E-state index in [1.807, 2.05) is 26.8 Å². The lowest BCUT2D eigenvalue weighted by Crippen LogP contribution is -2.44. The number of aromatic nitrogens is 2. The van der Waals surface area contributed by atoms with Gasteiger partial charge in [0.15, 0.2) is 0 Å². The molecule has 1 aromatic heterocycles. The predicted octanol–water partition coefficient (Wildman–Crippen LogP) is 2.17. The Hall–Kier alpha value is -1.65. The fourth-order valence-electron chi connectivity index (χ4n) is 2.74. The molecular formula is C14H21N3O2. The molecule has 0 aliphatic carbocycles. The highest BCUT2D eigenvalue weighted by atomic mass is 16.4. The Morgan fingerprint density at radius 3 is 2.47 bits per heavy atom. The summed E-state index contributed by atoms with van der Waals surface area (Å²) in [7, 11) is 0. The number of carbonyl (C=O) groups is 1. The van der Waals surface area contributed by atoms with E-state index in [0.29, 0.717) is 19.3 Å². The van der Waals surface area contributed by atoms with E-state index in [0.717, 1.165) is 30.4 Å². The highest BCUT2D eigenvalue weighted by molar-refractivity contribution is 5.75. The Kier molecular flexibility index (Phi) is 3.73. The second kappa shape index (κ2) is 5.15. The van der Waals surface area contributed by atoms with Crippen molar-refractivity contribution in [2.75, 3.05) is 18.0 Å². The maximum absolute atomic E-state index is 11.4. The standard InChI is InChI=1S/C14H21N3O2/c1-4-14(13(18)19)5-7-17(8-6-14)12-9-10(2)15-11(3)16-12/h9H,4-8H2,1-3H3,(H,18,19). The highest BCUT2D eigenvalue weighted by Gasteiger charge is 2.40. The summed E-state index contributed by atoms with van der Waals surface area (Å²) in [6, 6.07) is 1.96. The monoisotopic (exact) mass is 263 g/mol. The van der Waals surface area contributed by atoms with Gasteiger partial charge in [-0.2, -0.15) is 0 Å². The SMILES string of the molecule is CCC1(C(=O)O)CCN(c2cc(C)nc(C)n2)CC1. The van der Waals surface area contributed by atoms with Gasteiger partial charge in [0.05, 0.1) is 5.41 Å². The van der Waals surface area contributed by atoms with Crippen molar-refractivity contribution in [3.63, 3.8) is 0 Å². The van der Waals surface area contributed by atoms with Gasteiger partial charge in [0.25, 0.3) is 0 Å². The number of hydrogen-bond donors (Lipinski definition) is 1. The van der Waals surface area contributed by atoms with Crippen LogP contribution in [0.4, 0.5) is 5.82 Å². The van der Waals surface area contributed by atoms with Crippen molar-refractivity contribution in [3.8, 4) is 0 Å². The minimum Gasteiger partial charge on any atom is -0.481 e. The topological polar surface area (TPSA) is 66.3 Å². The summed E-state index contributed by atoms with van der Waals surface area (Å²) in [5, 5.41) is 9.39. The minimum atomic E-state index is -0.662. The van der Waals surface area contributed by atoms with Gasteiger partial charge in [-0.15, -0.1) is 0 Å². The summed E-state index contributed by atoms with van der Waals surface area (Å²) in [6.07, 6.45) is 2.06. The van der Waals surface area contributed by atoms with E-state index in [1.165, 1.54) is 0 Å². The third kappa shape index (κ3) is 2.69. The van der Waals surface area contributed by atoms with Gasteiger partial charge in [-0.1, -0.05) is 6.92 Å². The molecule has 0 amide bonds. The molecule has 0 aromatic carbocycles. The molecule has 19 heavy (non-hydrogen) atoms. The summed E-state index contributed by atoms with van der Waals surface area (Å²) in [6.45, 7) is 7.29. The van der Waals surface area contributed by atoms with Crippen LogP contribution in [0.5, 0.6) is 0 Å². The Labute approximate surface area is 113 Å². The second-order valence-corrected chi connectivity index (χ2v) is 5.34. The molecule has 1 aromatic rings. The van der Waals surface area contributed by atoms with E-state index >= 15 is 0 Å². The first kappa shape index (κ1) is 13.8. The summed E-state index contributed by atoms with van der Waals surface area (Å²) in [4.78, 5) is 22.3. The van der Waals surface area contributed by atoms with E-state index < -0.39 is 11.4 Å². The van der Waals surface area contributed by atoms with Crippen molar-refractivity contribution in [3.05, 3.63) is 17.6 Å². The first-order chi connectivity index (χ1) is 8.97. The van der Waals surface area contributed by atoms with Crippen LogP contribution in [0.15, 0.2) is 6.07 Å². The maximum atomic E-state index is 11.4. The van der Waals surface area contributed by atoms with Crippen molar-refractivity contribution < 1.29 is 9.90 Å². The minimum absolute atomic E-state index is 0.548. The smallest absolute Gasteiger partial charge is 0.309 e. The van der Waals surface area contributed by atoms with E-state index in [4.69, 9.17) is 0 Å². The van der Waals surface area contributed by atoms with E-state index in [1.54, 1.807) is 0 Å². The van der Waals surface area contributed by atoms with Gasteiger partial charge in [0, 0.05) is 24.8 Å². The number of carboxylic acid groups (broad SMARTS) is 1. The molecule has 2 heterocycles. The van der Waals surface area contributed by atoms with Crippen LogP contribution in [0.25, 0.3) is 0 Å². The lowest BCUT2D eigenvalue weighted by molar-refractivity contribution is -0.150. The number of carboxylic acids is 1. The molecule has 104 valence electrons. The summed E-state index contributed by atoms with van der Waals surface area (Å²) in [5.41, 5.74) is 0.404. The second-order valence-electron chi connectivity index (χ2n) is 5.34. The Morgan fingerprint density at radius 2 is 2.00 bits per heavy atom. The normalized spacial score (nSPS) is 18.4. The molecule has 0 saturated carbocycles. The van der Waals surface area contributed by atoms with Crippen LogP contribution in [0.2, 0.25) is 0 Å². The van der Waals surface area contributed by atoms with Crippen LogP contribution in [0.3, 0.4) is 0 Å². The molecule has 5 nitrogen and oxygen atoms in total. The Morgan fingerprint density at radius 1 is 1.37 bits per heavy atom. The van der Waals surface area contributed by atoms with E-state index in [9.17, 15) is 9.90 Å². The van der Waals surface area contributed by atoms with Crippen LogP contribution in [-0.4, -0.2) is 34.1 Å². The summed E-state index contributed by atoms with van der Waals surface area (Å²) >= 11 is 0. The fourth-order valence-corrected chi connectivity index (χ4v) is 2.74. The quantitative estimate of drug-likeness (QED) is 0.905. The van der Waals surface area contributed by atoms with Crippen molar-refractivity contribution in [1.29, 1.82) is 0 Å². The van der Waals surface area contributed by atoms with Crippen molar-refractivity contribution in [1.82, 2.24) is 9.97 Å². The van der Waals surface area contributed by atoms with Crippen LogP contribution < -0.4 is 4.90 Å². The zero-order valence-electron chi connectivity index (χ0n) is 11.8. The molecule has 1 fully saturated rings. The maximum Gasteiger partial charge on any atom is 0.309 e.